The van der Waals surface area contributed by atoms with Gasteiger partial charge >= 0.3 is 12.0 Å². The maximum absolute atomic E-state index is 11.9. The van der Waals surface area contributed by atoms with E-state index in [1.54, 1.807) is 0 Å². The van der Waals surface area contributed by atoms with Gasteiger partial charge in [0.15, 0.2) is 0 Å². The Morgan fingerprint density at radius 2 is 2.17 bits per heavy atom. The van der Waals surface area contributed by atoms with Crippen molar-refractivity contribution in [1.29, 1.82) is 0 Å². The molecule has 2 amide bonds. The zero-order valence-electron chi connectivity index (χ0n) is 10.1. The van der Waals surface area contributed by atoms with Crippen molar-refractivity contribution in [3.63, 3.8) is 0 Å². The number of carbonyl (C=O) groups is 2. The molecular weight excluding hydrogens is 236 g/mol. The fourth-order valence-corrected chi connectivity index (χ4v) is 1.57. The topological polar surface area (TPSA) is 89.9 Å². The highest BCUT2D eigenvalue weighted by Gasteiger charge is 2.28. The average Bonchev–Trinajstić information content (AvgIpc) is 3.11. The van der Waals surface area contributed by atoms with Gasteiger partial charge in [0.2, 0.25) is 0 Å². The Labute approximate surface area is 106 Å². The van der Waals surface area contributed by atoms with Gasteiger partial charge in [0.1, 0.15) is 6.04 Å². The average molecular weight is 254 g/mol. The van der Waals surface area contributed by atoms with E-state index in [4.69, 9.17) is 16.6 Å². The second-order valence-corrected chi connectivity index (χ2v) is 4.38. The van der Waals surface area contributed by atoms with Crippen LogP contribution in [0.4, 0.5) is 4.79 Å². The first kappa shape index (κ1) is 14.3. The van der Waals surface area contributed by atoms with E-state index in [0.717, 1.165) is 12.8 Å². The zero-order valence-corrected chi connectivity index (χ0v) is 10.1. The molecule has 0 saturated heterocycles. The number of carboxylic acids is 1. The van der Waals surface area contributed by atoms with Crippen molar-refractivity contribution in [2.45, 2.75) is 25.3 Å². The molecule has 0 unspecified atom stereocenters. The van der Waals surface area contributed by atoms with E-state index in [1.807, 2.05) is 0 Å². The first-order chi connectivity index (χ1) is 8.58. The number of terminal acetylenes is 1. The van der Waals surface area contributed by atoms with E-state index < -0.39 is 18.0 Å². The Morgan fingerprint density at radius 3 is 2.61 bits per heavy atom. The van der Waals surface area contributed by atoms with Crippen molar-refractivity contribution in [3.05, 3.63) is 0 Å². The Balaban J connectivity index is 2.52. The number of amides is 2. The van der Waals surface area contributed by atoms with Crippen LogP contribution in [0, 0.1) is 18.3 Å². The van der Waals surface area contributed by atoms with Crippen LogP contribution in [0.1, 0.15) is 19.3 Å². The van der Waals surface area contributed by atoms with Gasteiger partial charge in [-0.15, -0.1) is 6.42 Å². The van der Waals surface area contributed by atoms with Gasteiger partial charge in [-0.25, -0.2) is 9.59 Å². The van der Waals surface area contributed by atoms with Crippen molar-refractivity contribution in [2.75, 3.05) is 19.7 Å². The maximum Gasteiger partial charge on any atom is 0.326 e. The molecule has 100 valence electrons. The molecule has 18 heavy (non-hydrogen) atoms. The summed E-state index contributed by atoms with van der Waals surface area (Å²) >= 11 is 0. The van der Waals surface area contributed by atoms with Gasteiger partial charge in [0.25, 0.3) is 0 Å². The van der Waals surface area contributed by atoms with Crippen molar-refractivity contribution < 1.29 is 19.8 Å². The van der Waals surface area contributed by atoms with Crippen LogP contribution in [-0.4, -0.2) is 52.9 Å². The van der Waals surface area contributed by atoms with E-state index in [2.05, 4.69) is 11.2 Å². The minimum absolute atomic E-state index is 0.0194. The number of nitrogens with one attached hydrogen (secondary N) is 1. The van der Waals surface area contributed by atoms with Crippen molar-refractivity contribution in [3.8, 4) is 12.3 Å². The Morgan fingerprint density at radius 1 is 1.50 bits per heavy atom. The molecule has 1 atom stereocenters. The number of rotatable bonds is 7. The van der Waals surface area contributed by atoms with Gasteiger partial charge in [0, 0.05) is 19.6 Å². The van der Waals surface area contributed by atoms with Crippen LogP contribution in [0.25, 0.3) is 0 Å². The summed E-state index contributed by atoms with van der Waals surface area (Å²) in [6, 6.07) is -1.57. The summed E-state index contributed by atoms with van der Waals surface area (Å²) in [4.78, 5) is 24.2. The second kappa shape index (κ2) is 6.87. The largest absolute Gasteiger partial charge is 0.480 e. The summed E-state index contributed by atoms with van der Waals surface area (Å²) in [6.45, 7) is 0.421. The lowest BCUT2D eigenvalue weighted by Crippen LogP contribution is -2.49. The molecule has 0 spiro atoms. The van der Waals surface area contributed by atoms with Crippen LogP contribution in [0.3, 0.4) is 0 Å². The monoisotopic (exact) mass is 254 g/mol. The minimum Gasteiger partial charge on any atom is -0.480 e. The summed E-state index contributed by atoms with van der Waals surface area (Å²) in [7, 11) is 0. The summed E-state index contributed by atoms with van der Waals surface area (Å²) in [5, 5.41) is 20.0. The molecule has 6 nitrogen and oxygen atoms in total. The zero-order chi connectivity index (χ0) is 13.5. The van der Waals surface area contributed by atoms with E-state index in [9.17, 15) is 9.59 Å². The number of aliphatic hydroxyl groups excluding tert-OH is 1. The summed E-state index contributed by atoms with van der Waals surface area (Å²) < 4.78 is 0. The van der Waals surface area contributed by atoms with E-state index in [-0.39, 0.29) is 19.6 Å². The predicted octanol–water partition coefficient (Wildman–Crippen LogP) is -0.123. The van der Waals surface area contributed by atoms with Crippen LogP contribution < -0.4 is 5.32 Å². The van der Waals surface area contributed by atoms with Crippen LogP contribution in [0.5, 0.6) is 0 Å². The van der Waals surface area contributed by atoms with Gasteiger partial charge in [-0.05, 0) is 18.8 Å². The predicted molar refractivity (Wildman–Crippen MR) is 64.8 cm³/mol. The molecule has 0 aromatic rings. The number of hydrogen-bond acceptors (Lipinski definition) is 3. The Hall–Kier alpha value is -1.74. The van der Waals surface area contributed by atoms with E-state index in [1.165, 1.54) is 4.90 Å². The fraction of sp³-hybridized carbons (Fsp3) is 0.667. The second-order valence-electron chi connectivity index (χ2n) is 4.38. The molecule has 0 radical (unpaired) electrons. The minimum atomic E-state index is -1.16. The van der Waals surface area contributed by atoms with Gasteiger partial charge in [-0.3, -0.25) is 0 Å². The normalized spacial score (nSPS) is 15.6. The number of aliphatic carboxylic acids is 1. The molecule has 0 heterocycles. The van der Waals surface area contributed by atoms with Gasteiger partial charge in [-0.2, -0.15) is 0 Å². The third kappa shape index (κ3) is 4.63. The molecule has 1 rings (SSSR count). The Kier molecular flexibility index (Phi) is 5.46. The van der Waals surface area contributed by atoms with Crippen molar-refractivity contribution >= 4 is 12.0 Å². The lowest BCUT2D eigenvalue weighted by Gasteiger charge is -2.23. The molecule has 1 fully saturated rings. The lowest BCUT2D eigenvalue weighted by molar-refractivity contribution is -0.139. The van der Waals surface area contributed by atoms with E-state index >= 15 is 0 Å². The van der Waals surface area contributed by atoms with Crippen molar-refractivity contribution in [1.82, 2.24) is 10.2 Å². The van der Waals surface area contributed by atoms with Crippen molar-refractivity contribution in [2.24, 2.45) is 5.92 Å². The van der Waals surface area contributed by atoms with Crippen LogP contribution in [0.15, 0.2) is 0 Å². The first-order valence-corrected chi connectivity index (χ1v) is 5.91. The molecule has 1 saturated carbocycles. The van der Waals surface area contributed by atoms with Gasteiger partial charge < -0.3 is 20.4 Å². The Bertz CT molecular complexity index is 346. The first-order valence-electron chi connectivity index (χ1n) is 5.91. The number of nitrogens with zero attached hydrogens (tertiary/aromatic N) is 1. The molecule has 0 bridgehead atoms. The summed E-state index contributed by atoms with van der Waals surface area (Å²) in [5.41, 5.74) is 0. The lowest BCUT2D eigenvalue weighted by atomic mass is 10.2. The number of urea groups is 1. The quantitative estimate of drug-likeness (QED) is 0.552. The third-order valence-electron chi connectivity index (χ3n) is 2.76. The molecule has 1 aliphatic rings. The van der Waals surface area contributed by atoms with Gasteiger partial charge in [-0.1, -0.05) is 5.92 Å². The number of hydrogen-bond donors (Lipinski definition) is 3. The molecule has 6 heteroatoms. The molecule has 3 N–H and O–H groups in total. The highest BCUT2D eigenvalue weighted by molar-refractivity contribution is 5.82. The number of carboxylic acid groups (broad SMARTS) is 1. The third-order valence-corrected chi connectivity index (χ3v) is 2.76. The number of carbonyl (C=O) groups excluding carboxylic acids is 1. The van der Waals surface area contributed by atoms with Crippen LogP contribution >= 0.6 is 0 Å². The van der Waals surface area contributed by atoms with Crippen LogP contribution in [-0.2, 0) is 4.79 Å². The molecule has 0 aliphatic heterocycles. The fourth-order valence-electron chi connectivity index (χ4n) is 1.57. The maximum atomic E-state index is 11.9. The smallest absolute Gasteiger partial charge is 0.326 e. The number of aliphatic hydroxyl groups is 1. The molecule has 0 aromatic heterocycles. The summed E-state index contributed by atoms with van der Waals surface area (Å²) in [6.07, 6.45) is 7.32. The molecular formula is C12H18N2O4. The highest BCUT2D eigenvalue weighted by atomic mass is 16.4. The SMILES string of the molecule is C#CCN(CC1CC1)C(=O)N[C@@H](CCO)C(=O)O. The highest BCUT2D eigenvalue weighted by Crippen LogP contribution is 2.29. The van der Waals surface area contributed by atoms with Gasteiger partial charge in [0.05, 0.1) is 6.54 Å². The molecule has 1 aliphatic carbocycles. The summed E-state index contributed by atoms with van der Waals surface area (Å²) in [5.74, 6) is 1.70. The van der Waals surface area contributed by atoms with E-state index in [0.29, 0.717) is 12.5 Å². The van der Waals surface area contributed by atoms with Crippen LogP contribution in [0.2, 0.25) is 0 Å². The molecule has 0 aromatic carbocycles. The standard InChI is InChI=1S/C12H18N2O4/c1-2-6-14(8-9-3-4-9)12(18)13-10(5-7-15)11(16)17/h1,9-10,15H,3-8H2,(H,13,18)(H,16,17)/t10-/m0/s1.